The maximum Gasteiger partial charge on any atom is 0.228 e. The minimum atomic E-state index is -2.13. The van der Waals surface area contributed by atoms with E-state index in [-0.39, 0.29) is 6.61 Å². The van der Waals surface area contributed by atoms with E-state index in [9.17, 15) is 9.50 Å². The number of ether oxygens (including phenoxy) is 4. The largest absolute Gasteiger partial charge is 0.385 e. The molecule has 0 aliphatic carbocycles. The lowest BCUT2D eigenvalue weighted by molar-refractivity contribution is -0.288. The molecule has 33 heavy (non-hydrogen) atoms. The van der Waals surface area contributed by atoms with E-state index < -0.39 is 50.5 Å². The van der Waals surface area contributed by atoms with Crippen LogP contribution < -0.4 is 0 Å². The van der Waals surface area contributed by atoms with Gasteiger partial charge in [-0.05, 0) is 16.7 Å². The van der Waals surface area contributed by atoms with Gasteiger partial charge in [-0.3, -0.25) is 0 Å². The summed E-state index contributed by atoms with van der Waals surface area (Å²) in [6.07, 6.45) is -7.48. The molecule has 0 aromatic heterocycles. The quantitative estimate of drug-likeness (QED) is 0.490. The van der Waals surface area contributed by atoms with E-state index in [0.717, 1.165) is 0 Å². The number of rotatable bonds is 10. The summed E-state index contributed by atoms with van der Waals surface area (Å²) < 4.78 is 62.8. The highest BCUT2D eigenvalue weighted by Gasteiger charge is 2.47. The molecule has 1 heterocycles. The lowest BCUT2D eigenvalue weighted by atomic mass is 9.98. The first-order chi connectivity index (χ1) is 17.4. The van der Waals surface area contributed by atoms with Crippen LogP contribution in [-0.2, 0) is 38.7 Å². The van der Waals surface area contributed by atoms with Crippen molar-refractivity contribution in [3.05, 3.63) is 108 Å². The van der Waals surface area contributed by atoms with Crippen LogP contribution in [0.15, 0.2) is 91.0 Å². The van der Waals surface area contributed by atoms with Gasteiger partial charge in [0.05, 0.1) is 30.5 Å². The number of halogens is 1. The third kappa shape index (κ3) is 6.69. The number of alkyl halides is 1. The van der Waals surface area contributed by atoms with Crippen LogP contribution in [0, 0.1) is 0 Å². The normalized spacial score (nSPS) is 29.3. The lowest BCUT2D eigenvalue weighted by Gasteiger charge is -2.42. The van der Waals surface area contributed by atoms with E-state index in [1.54, 1.807) is 78.9 Å². The molecule has 174 valence electrons. The van der Waals surface area contributed by atoms with Crippen molar-refractivity contribution < 1.29 is 32.6 Å². The number of hydrogen-bond donors (Lipinski definition) is 1. The fourth-order valence-corrected chi connectivity index (χ4v) is 3.49. The molecule has 1 aliphatic rings. The Morgan fingerprint density at radius 1 is 0.727 bits per heavy atom. The standard InChI is InChI=1S/C27H29FO5/c28-27-24(29)26(32-18-22-14-8-3-9-15-22)25(31-17-21-12-6-2-7-13-21)23(33-27)19-30-16-20-10-4-1-5-11-20/h1-15,23-27,29H,16-19H2/t23-,24-,25+,26-,27?/m1/s1/i16D,17D,18D/t16?,17?,18?,23-,24-,25+,26-,27?. The number of aliphatic hydroxyl groups excluding tert-OH is 1. The van der Waals surface area contributed by atoms with E-state index in [2.05, 4.69) is 0 Å². The van der Waals surface area contributed by atoms with Crippen LogP contribution in [0.3, 0.4) is 0 Å². The first-order valence-electron chi connectivity index (χ1n) is 12.5. The molecule has 5 nitrogen and oxygen atoms in total. The summed E-state index contributed by atoms with van der Waals surface area (Å²) in [6.45, 7) is -3.75. The van der Waals surface area contributed by atoms with Gasteiger partial charge in [0.1, 0.15) is 24.4 Å². The summed E-state index contributed by atoms with van der Waals surface area (Å²) in [7, 11) is 0. The van der Waals surface area contributed by atoms with Crippen LogP contribution in [0.2, 0.25) is 0 Å². The van der Waals surface area contributed by atoms with Crippen LogP contribution in [-0.4, -0.2) is 42.5 Å². The summed E-state index contributed by atoms with van der Waals surface area (Å²) >= 11 is 0. The van der Waals surface area contributed by atoms with Crippen molar-refractivity contribution in [2.75, 3.05) is 6.61 Å². The maximum absolute atomic E-state index is 14.8. The average molecular weight is 456 g/mol. The molecule has 8 atom stereocenters. The molecular weight excluding hydrogens is 423 g/mol. The van der Waals surface area contributed by atoms with E-state index in [0.29, 0.717) is 16.7 Å². The highest BCUT2D eigenvalue weighted by Crippen LogP contribution is 2.29. The van der Waals surface area contributed by atoms with E-state index >= 15 is 0 Å². The number of hydrogen-bond acceptors (Lipinski definition) is 5. The molecule has 1 fully saturated rings. The topological polar surface area (TPSA) is 57.2 Å². The molecule has 3 aromatic carbocycles. The molecule has 0 saturated carbocycles. The minimum Gasteiger partial charge on any atom is -0.385 e. The summed E-state index contributed by atoms with van der Waals surface area (Å²) in [5.74, 6) is 0. The van der Waals surface area contributed by atoms with Crippen molar-refractivity contribution in [3.63, 3.8) is 0 Å². The third-order valence-corrected chi connectivity index (χ3v) is 5.20. The highest BCUT2D eigenvalue weighted by atomic mass is 19.1. The Bertz CT molecular complexity index is 1050. The maximum atomic E-state index is 14.8. The van der Waals surface area contributed by atoms with E-state index in [1.807, 2.05) is 12.1 Å². The Kier molecular flexibility index (Phi) is 7.22. The molecule has 0 bridgehead atoms. The van der Waals surface area contributed by atoms with Crippen molar-refractivity contribution in [2.45, 2.75) is 50.5 Å². The zero-order chi connectivity index (χ0) is 25.5. The molecule has 0 amide bonds. The van der Waals surface area contributed by atoms with Gasteiger partial charge in [0.2, 0.25) is 6.36 Å². The SMILES string of the molecule is [2H]C(OC[C@H]1OC(F)[C@H](O)[C@@H](OC([2H])c2ccccc2)[C@H]1OC([2H])c1ccccc1)c1ccccc1. The van der Waals surface area contributed by atoms with Crippen molar-refractivity contribution in [1.29, 1.82) is 0 Å². The molecule has 3 aromatic rings. The van der Waals surface area contributed by atoms with Gasteiger partial charge < -0.3 is 24.1 Å². The van der Waals surface area contributed by atoms with E-state index in [4.69, 9.17) is 23.1 Å². The zero-order valence-electron chi connectivity index (χ0n) is 20.9. The van der Waals surface area contributed by atoms with E-state index in [1.165, 1.54) is 0 Å². The molecule has 6 heteroatoms. The van der Waals surface area contributed by atoms with Crippen molar-refractivity contribution in [2.24, 2.45) is 0 Å². The predicted molar refractivity (Wildman–Crippen MR) is 122 cm³/mol. The van der Waals surface area contributed by atoms with Gasteiger partial charge in [0.15, 0.2) is 0 Å². The fraction of sp³-hybridized carbons (Fsp3) is 0.333. The lowest BCUT2D eigenvalue weighted by Crippen LogP contribution is -2.59. The van der Waals surface area contributed by atoms with Crippen LogP contribution in [0.4, 0.5) is 4.39 Å². The van der Waals surface area contributed by atoms with Gasteiger partial charge in [-0.2, -0.15) is 0 Å². The summed E-state index contributed by atoms with van der Waals surface area (Å²) in [5.41, 5.74) is 1.66. The van der Waals surface area contributed by atoms with Crippen LogP contribution in [0.1, 0.15) is 20.8 Å². The summed E-state index contributed by atoms with van der Waals surface area (Å²) in [5, 5.41) is 10.6. The third-order valence-electron chi connectivity index (χ3n) is 5.20. The molecule has 1 aliphatic heterocycles. The molecular formula is C27H29FO5. The Morgan fingerprint density at radius 3 is 1.70 bits per heavy atom. The second kappa shape index (κ2) is 12.0. The molecule has 4 rings (SSSR count). The second-order valence-corrected chi connectivity index (χ2v) is 7.64. The Labute approximate surface area is 197 Å². The van der Waals surface area contributed by atoms with Gasteiger partial charge in [-0.25, -0.2) is 4.39 Å². The smallest absolute Gasteiger partial charge is 0.228 e. The van der Waals surface area contributed by atoms with Crippen LogP contribution in [0.25, 0.3) is 0 Å². The minimum absolute atomic E-state index is 0.254. The predicted octanol–water partition coefficient (Wildman–Crippen LogP) is 4.43. The summed E-state index contributed by atoms with van der Waals surface area (Å²) in [4.78, 5) is 0. The number of benzene rings is 3. The van der Waals surface area contributed by atoms with Crippen LogP contribution in [0.5, 0.6) is 0 Å². The Hall–Kier alpha value is -2.61. The first-order valence-corrected chi connectivity index (χ1v) is 10.8. The molecule has 0 radical (unpaired) electrons. The number of aliphatic hydroxyl groups is 1. The second-order valence-electron chi connectivity index (χ2n) is 7.64. The van der Waals surface area contributed by atoms with Gasteiger partial charge in [-0.15, -0.1) is 0 Å². The Morgan fingerprint density at radius 2 is 1.18 bits per heavy atom. The average Bonchev–Trinajstić information content (AvgIpc) is 2.92. The van der Waals surface area contributed by atoms with Gasteiger partial charge >= 0.3 is 0 Å². The van der Waals surface area contributed by atoms with Crippen molar-refractivity contribution >= 4 is 0 Å². The molecule has 1 N–H and O–H groups in total. The molecule has 0 spiro atoms. The van der Waals surface area contributed by atoms with Crippen LogP contribution >= 0.6 is 0 Å². The highest BCUT2D eigenvalue weighted by molar-refractivity contribution is 5.15. The van der Waals surface area contributed by atoms with Gasteiger partial charge in [0.25, 0.3) is 0 Å². The Balaban J connectivity index is 1.56. The fourth-order valence-electron chi connectivity index (χ4n) is 3.49. The zero-order valence-corrected chi connectivity index (χ0v) is 17.9. The van der Waals surface area contributed by atoms with Crippen molar-refractivity contribution in [3.8, 4) is 0 Å². The van der Waals surface area contributed by atoms with Gasteiger partial charge in [-0.1, -0.05) is 91.0 Å². The molecule has 1 saturated heterocycles. The van der Waals surface area contributed by atoms with Gasteiger partial charge in [0, 0.05) is 0 Å². The first kappa shape index (κ1) is 19.8. The molecule has 4 unspecified atom stereocenters. The van der Waals surface area contributed by atoms with Crippen molar-refractivity contribution in [1.82, 2.24) is 0 Å². The monoisotopic (exact) mass is 455 g/mol. The summed E-state index contributed by atoms with van der Waals surface area (Å²) in [6, 6.07) is 26.3.